The SMILES string of the molecule is CC.[B]c1cncc(C(=NC)C2=CC2)c1.[CH2]C(=C)c1cccc2ccccc12. The van der Waals surface area contributed by atoms with Crippen molar-refractivity contribution in [1.29, 1.82) is 0 Å². The number of hydrogen-bond acceptors (Lipinski definition) is 2. The lowest BCUT2D eigenvalue weighted by Crippen LogP contribution is -2.08. The fourth-order valence-corrected chi connectivity index (χ4v) is 2.82. The molecular formula is C25H26BN2. The minimum atomic E-state index is 0.680. The summed E-state index contributed by atoms with van der Waals surface area (Å²) in [5, 5.41) is 2.47. The molecule has 3 radical (unpaired) electrons. The average Bonchev–Trinajstić information content (AvgIpc) is 3.55. The number of hydrogen-bond donors (Lipinski definition) is 0. The van der Waals surface area contributed by atoms with Crippen LogP contribution in [-0.2, 0) is 0 Å². The van der Waals surface area contributed by atoms with Crippen molar-refractivity contribution in [1.82, 2.24) is 4.98 Å². The first-order valence-electron chi connectivity index (χ1n) is 9.46. The van der Waals surface area contributed by atoms with E-state index in [-0.39, 0.29) is 0 Å². The molecule has 1 aromatic heterocycles. The van der Waals surface area contributed by atoms with Gasteiger partial charge in [-0.2, -0.15) is 0 Å². The highest BCUT2D eigenvalue weighted by molar-refractivity contribution is 6.32. The molecule has 0 saturated carbocycles. The second-order valence-electron chi connectivity index (χ2n) is 6.14. The van der Waals surface area contributed by atoms with Gasteiger partial charge in [-0.05, 0) is 40.8 Å². The molecule has 0 saturated heterocycles. The summed E-state index contributed by atoms with van der Waals surface area (Å²) in [6, 6.07) is 16.4. The third-order valence-electron chi connectivity index (χ3n) is 4.14. The fraction of sp³-hybridized carbons (Fsp3) is 0.160. The van der Waals surface area contributed by atoms with Crippen LogP contribution in [0.4, 0.5) is 0 Å². The summed E-state index contributed by atoms with van der Waals surface area (Å²) in [6.07, 6.45) is 6.61. The normalized spacial score (nSPS) is 12.1. The summed E-state index contributed by atoms with van der Waals surface area (Å²) in [5.41, 5.74) is 6.00. The van der Waals surface area contributed by atoms with E-state index in [1.54, 1.807) is 19.4 Å². The van der Waals surface area contributed by atoms with Gasteiger partial charge in [-0.3, -0.25) is 9.98 Å². The average molecular weight is 365 g/mol. The minimum absolute atomic E-state index is 0.680. The summed E-state index contributed by atoms with van der Waals surface area (Å²) < 4.78 is 0. The molecule has 0 spiro atoms. The van der Waals surface area contributed by atoms with E-state index in [1.165, 1.54) is 16.3 Å². The van der Waals surface area contributed by atoms with Gasteiger partial charge in [0, 0.05) is 25.0 Å². The van der Waals surface area contributed by atoms with E-state index in [1.807, 2.05) is 38.1 Å². The zero-order chi connectivity index (χ0) is 20.5. The molecule has 1 heterocycles. The highest BCUT2D eigenvalue weighted by Crippen LogP contribution is 2.24. The summed E-state index contributed by atoms with van der Waals surface area (Å²) in [6.45, 7) is 11.7. The highest BCUT2D eigenvalue weighted by Gasteiger charge is 2.16. The minimum Gasteiger partial charge on any atom is -0.288 e. The van der Waals surface area contributed by atoms with Crippen molar-refractivity contribution in [3.8, 4) is 0 Å². The Bertz CT molecular complexity index is 1010. The molecule has 3 aromatic rings. The van der Waals surface area contributed by atoms with Crippen LogP contribution in [0.3, 0.4) is 0 Å². The Hall–Kier alpha value is -2.94. The molecule has 28 heavy (non-hydrogen) atoms. The van der Waals surface area contributed by atoms with Gasteiger partial charge in [0.15, 0.2) is 0 Å². The molecule has 2 nitrogen and oxygen atoms in total. The molecule has 0 atom stereocenters. The van der Waals surface area contributed by atoms with E-state index >= 15 is 0 Å². The van der Waals surface area contributed by atoms with Crippen LogP contribution in [0.15, 0.2) is 84.1 Å². The second kappa shape index (κ2) is 10.4. The van der Waals surface area contributed by atoms with E-state index < -0.39 is 0 Å². The van der Waals surface area contributed by atoms with Gasteiger partial charge in [-0.15, -0.1) is 0 Å². The van der Waals surface area contributed by atoms with Crippen molar-refractivity contribution in [2.75, 3.05) is 7.05 Å². The molecule has 2 aromatic carbocycles. The van der Waals surface area contributed by atoms with Crippen LogP contribution in [0.5, 0.6) is 0 Å². The first-order valence-corrected chi connectivity index (χ1v) is 9.46. The molecule has 0 unspecified atom stereocenters. The lowest BCUT2D eigenvalue weighted by Gasteiger charge is -2.04. The predicted octanol–water partition coefficient (Wildman–Crippen LogP) is 5.34. The molecule has 4 rings (SSSR count). The molecule has 0 fully saturated rings. The Morgan fingerprint density at radius 2 is 1.75 bits per heavy atom. The number of benzene rings is 2. The smallest absolute Gasteiger partial charge is 0.115 e. The van der Waals surface area contributed by atoms with Gasteiger partial charge < -0.3 is 0 Å². The fourth-order valence-electron chi connectivity index (χ4n) is 2.82. The predicted molar refractivity (Wildman–Crippen MR) is 124 cm³/mol. The van der Waals surface area contributed by atoms with Crippen molar-refractivity contribution in [2.45, 2.75) is 20.3 Å². The maximum atomic E-state index is 5.63. The van der Waals surface area contributed by atoms with E-state index in [0.29, 0.717) is 5.46 Å². The van der Waals surface area contributed by atoms with Crippen LogP contribution in [0.25, 0.3) is 16.3 Å². The molecule has 0 N–H and O–H groups in total. The van der Waals surface area contributed by atoms with Gasteiger partial charge in [0.25, 0.3) is 0 Å². The van der Waals surface area contributed by atoms with Crippen LogP contribution < -0.4 is 5.46 Å². The molecule has 1 aliphatic carbocycles. The number of nitrogens with zero attached hydrogens (tertiary/aromatic N) is 2. The van der Waals surface area contributed by atoms with Crippen LogP contribution in [-0.4, -0.2) is 25.6 Å². The summed E-state index contributed by atoms with van der Waals surface area (Å²) in [4.78, 5) is 8.24. The quantitative estimate of drug-likeness (QED) is 0.454. The van der Waals surface area contributed by atoms with E-state index in [2.05, 4.69) is 53.8 Å². The second-order valence-corrected chi connectivity index (χ2v) is 6.14. The lowest BCUT2D eigenvalue weighted by molar-refractivity contribution is 1.32. The van der Waals surface area contributed by atoms with Gasteiger partial charge in [-0.1, -0.05) is 80.5 Å². The number of fused-ring (bicyclic) bond motifs is 1. The lowest BCUT2D eigenvalue weighted by atomic mass is 9.95. The van der Waals surface area contributed by atoms with Crippen LogP contribution in [0.1, 0.15) is 31.4 Å². The van der Waals surface area contributed by atoms with Crippen LogP contribution in [0.2, 0.25) is 0 Å². The van der Waals surface area contributed by atoms with E-state index in [0.717, 1.165) is 28.8 Å². The number of rotatable bonds is 3. The standard InChI is InChI=1S/C13H11.C10H9BN2.C2H6/c1-10(2)12-9-5-7-11-6-3-4-8-13(11)12;1-12-10(7-2-3-7)8-4-9(11)6-13-5-8;1-2/h3-9H,1-2H2;2,4-6H,3H2,1H3;1-2H3. The van der Waals surface area contributed by atoms with Crippen LogP contribution in [0, 0.1) is 6.92 Å². The summed E-state index contributed by atoms with van der Waals surface area (Å²) in [5.74, 6) is 0. The summed E-state index contributed by atoms with van der Waals surface area (Å²) in [7, 11) is 7.42. The first-order chi connectivity index (χ1) is 13.6. The van der Waals surface area contributed by atoms with Gasteiger partial charge in [-0.25, -0.2) is 0 Å². The maximum Gasteiger partial charge on any atom is 0.115 e. The third kappa shape index (κ3) is 5.53. The Morgan fingerprint density at radius 3 is 2.36 bits per heavy atom. The zero-order valence-electron chi connectivity index (χ0n) is 16.9. The van der Waals surface area contributed by atoms with Crippen molar-refractivity contribution in [3.63, 3.8) is 0 Å². The van der Waals surface area contributed by atoms with Crippen molar-refractivity contribution >= 4 is 35.4 Å². The van der Waals surface area contributed by atoms with Crippen molar-refractivity contribution in [3.05, 3.63) is 97.2 Å². The largest absolute Gasteiger partial charge is 0.288 e. The van der Waals surface area contributed by atoms with Gasteiger partial charge in [0.1, 0.15) is 7.85 Å². The van der Waals surface area contributed by atoms with Crippen molar-refractivity contribution in [2.24, 2.45) is 4.99 Å². The summed E-state index contributed by atoms with van der Waals surface area (Å²) >= 11 is 0. The molecule has 0 amide bonds. The molecule has 3 heteroatoms. The Kier molecular flexibility index (Phi) is 7.95. The number of aliphatic imine (C=N–C) groups is 1. The Balaban J connectivity index is 0.000000184. The molecular weight excluding hydrogens is 339 g/mol. The first kappa shape index (κ1) is 21.4. The van der Waals surface area contributed by atoms with Gasteiger partial charge in [0.05, 0.1) is 5.71 Å². The van der Waals surface area contributed by atoms with E-state index in [9.17, 15) is 0 Å². The highest BCUT2D eigenvalue weighted by atomic mass is 14.7. The monoisotopic (exact) mass is 365 g/mol. The number of pyridine rings is 1. The topological polar surface area (TPSA) is 25.2 Å². The maximum absolute atomic E-state index is 5.63. The molecule has 1 aliphatic rings. The molecule has 139 valence electrons. The molecule has 0 aliphatic heterocycles. The van der Waals surface area contributed by atoms with Gasteiger partial charge >= 0.3 is 0 Å². The van der Waals surface area contributed by atoms with E-state index in [4.69, 9.17) is 7.85 Å². The van der Waals surface area contributed by atoms with Crippen LogP contribution >= 0.6 is 0 Å². The number of allylic oxidation sites excluding steroid dienone is 3. The third-order valence-corrected chi connectivity index (χ3v) is 4.14. The Labute approximate surface area is 170 Å². The van der Waals surface area contributed by atoms with Crippen molar-refractivity contribution < 1.29 is 0 Å². The Morgan fingerprint density at radius 1 is 1.07 bits per heavy atom. The zero-order valence-corrected chi connectivity index (χ0v) is 16.9. The molecule has 0 bridgehead atoms. The van der Waals surface area contributed by atoms with Gasteiger partial charge in [0.2, 0.25) is 0 Å². The number of aromatic nitrogens is 1.